The molecule has 1 rings (SSSR count). The lowest BCUT2D eigenvalue weighted by Crippen LogP contribution is -2.48. The molecule has 0 bridgehead atoms. The van der Waals surface area contributed by atoms with E-state index in [-0.39, 0.29) is 11.0 Å². The fourth-order valence-corrected chi connectivity index (χ4v) is 2.34. The van der Waals surface area contributed by atoms with E-state index in [0.717, 1.165) is 19.1 Å². The van der Waals surface area contributed by atoms with Crippen LogP contribution in [-0.4, -0.2) is 19.0 Å². The molecule has 0 saturated heterocycles. The average Bonchev–Trinajstić information content (AvgIpc) is 2.18. The van der Waals surface area contributed by atoms with Crippen LogP contribution in [0.15, 0.2) is 0 Å². The van der Waals surface area contributed by atoms with Gasteiger partial charge in [-0.2, -0.15) is 0 Å². The number of rotatable bonds is 3. The monoisotopic (exact) mass is 184 g/mol. The standard InChI is InChI=1S/C11H20O2/c1-10(2,9-12)11(13-3)7-5-4-6-8-11/h9H,4-8H2,1-3H3. The number of carbonyl (C=O) groups excluding carboxylic acids is 1. The SMILES string of the molecule is COC1(C(C)(C)C=O)CCCCC1. The van der Waals surface area contributed by atoms with Crippen molar-refractivity contribution in [3.8, 4) is 0 Å². The van der Waals surface area contributed by atoms with Crippen LogP contribution in [0, 0.1) is 5.41 Å². The normalized spacial score (nSPS) is 22.7. The molecule has 0 aromatic heterocycles. The molecule has 0 aliphatic heterocycles. The summed E-state index contributed by atoms with van der Waals surface area (Å²) in [5.41, 5.74) is -0.546. The Morgan fingerprint density at radius 1 is 1.23 bits per heavy atom. The van der Waals surface area contributed by atoms with Crippen LogP contribution in [0.1, 0.15) is 46.0 Å². The van der Waals surface area contributed by atoms with Gasteiger partial charge >= 0.3 is 0 Å². The highest BCUT2D eigenvalue weighted by molar-refractivity contribution is 5.60. The van der Waals surface area contributed by atoms with E-state index >= 15 is 0 Å². The zero-order valence-electron chi connectivity index (χ0n) is 8.93. The van der Waals surface area contributed by atoms with Gasteiger partial charge in [-0.1, -0.05) is 33.1 Å². The van der Waals surface area contributed by atoms with E-state index in [0.29, 0.717) is 0 Å². The third-order valence-corrected chi connectivity index (χ3v) is 3.52. The molecule has 1 aliphatic rings. The lowest BCUT2D eigenvalue weighted by Gasteiger charge is -2.45. The maximum absolute atomic E-state index is 11.0. The Hall–Kier alpha value is -0.370. The molecule has 1 fully saturated rings. The van der Waals surface area contributed by atoms with Crippen LogP contribution in [0.4, 0.5) is 0 Å². The van der Waals surface area contributed by atoms with Gasteiger partial charge in [-0.3, -0.25) is 0 Å². The molecule has 1 saturated carbocycles. The molecule has 0 aromatic carbocycles. The summed E-state index contributed by atoms with van der Waals surface area (Å²) in [6.45, 7) is 3.96. The maximum atomic E-state index is 11.0. The Bertz CT molecular complexity index is 179. The van der Waals surface area contributed by atoms with Crippen molar-refractivity contribution in [2.24, 2.45) is 5.41 Å². The highest BCUT2D eigenvalue weighted by Crippen LogP contribution is 2.43. The second kappa shape index (κ2) is 3.79. The van der Waals surface area contributed by atoms with E-state index in [4.69, 9.17) is 4.74 Å². The van der Waals surface area contributed by atoms with Crippen molar-refractivity contribution in [2.75, 3.05) is 7.11 Å². The molecular weight excluding hydrogens is 164 g/mol. The van der Waals surface area contributed by atoms with Gasteiger partial charge in [-0.05, 0) is 12.8 Å². The van der Waals surface area contributed by atoms with Crippen LogP contribution >= 0.6 is 0 Å². The molecule has 0 aromatic rings. The number of ether oxygens (including phenoxy) is 1. The molecule has 2 heteroatoms. The molecule has 0 amide bonds. The molecule has 0 atom stereocenters. The van der Waals surface area contributed by atoms with Crippen molar-refractivity contribution in [1.82, 2.24) is 0 Å². The topological polar surface area (TPSA) is 26.3 Å². The summed E-state index contributed by atoms with van der Waals surface area (Å²) in [5.74, 6) is 0. The first-order valence-electron chi connectivity index (χ1n) is 5.09. The molecule has 0 heterocycles. The summed E-state index contributed by atoms with van der Waals surface area (Å²) in [5, 5.41) is 0. The Morgan fingerprint density at radius 3 is 2.15 bits per heavy atom. The van der Waals surface area contributed by atoms with Crippen LogP contribution in [-0.2, 0) is 9.53 Å². The average molecular weight is 184 g/mol. The van der Waals surface area contributed by atoms with Gasteiger partial charge in [0.05, 0.1) is 5.60 Å². The number of aldehydes is 1. The molecule has 13 heavy (non-hydrogen) atoms. The molecule has 2 nitrogen and oxygen atoms in total. The Morgan fingerprint density at radius 2 is 1.77 bits per heavy atom. The zero-order chi connectivity index (χ0) is 9.95. The van der Waals surface area contributed by atoms with Gasteiger partial charge in [0.25, 0.3) is 0 Å². The molecule has 0 spiro atoms. The summed E-state index contributed by atoms with van der Waals surface area (Å²) in [4.78, 5) is 11.0. The molecular formula is C11H20O2. The van der Waals surface area contributed by atoms with Gasteiger partial charge in [0.15, 0.2) is 0 Å². The van der Waals surface area contributed by atoms with Gasteiger partial charge in [-0.15, -0.1) is 0 Å². The van der Waals surface area contributed by atoms with Crippen molar-refractivity contribution in [3.63, 3.8) is 0 Å². The summed E-state index contributed by atoms with van der Waals surface area (Å²) in [7, 11) is 1.73. The summed E-state index contributed by atoms with van der Waals surface area (Å²) < 4.78 is 5.60. The van der Waals surface area contributed by atoms with E-state index in [1.54, 1.807) is 7.11 Å². The second-order valence-corrected chi connectivity index (χ2v) is 4.60. The first-order valence-corrected chi connectivity index (χ1v) is 5.09. The predicted molar refractivity (Wildman–Crippen MR) is 52.7 cm³/mol. The lowest BCUT2D eigenvalue weighted by atomic mass is 9.68. The number of hydrogen-bond donors (Lipinski definition) is 0. The number of hydrogen-bond acceptors (Lipinski definition) is 2. The Balaban J connectivity index is 2.84. The van der Waals surface area contributed by atoms with Gasteiger partial charge < -0.3 is 9.53 Å². The smallest absolute Gasteiger partial charge is 0.128 e. The molecule has 0 N–H and O–H groups in total. The summed E-state index contributed by atoms with van der Waals surface area (Å²) in [6.07, 6.45) is 6.74. The third kappa shape index (κ3) is 1.78. The largest absolute Gasteiger partial charge is 0.377 e. The summed E-state index contributed by atoms with van der Waals surface area (Å²) in [6, 6.07) is 0. The minimum Gasteiger partial charge on any atom is -0.377 e. The van der Waals surface area contributed by atoms with Gasteiger partial charge in [0, 0.05) is 12.5 Å². The highest BCUT2D eigenvalue weighted by Gasteiger charge is 2.45. The first-order chi connectivity index (χ1) is 6.08. The molecule has 0 radical (unpaired) electrons. The second-order valence-electron chi connectivity index (χ2n) is 4.60. The predicted octanol–water partition coefficient (Wildman–Crippen LogP) is 2.56. The van der Waals surface area contributed by atoms with E-state index < -0.39 is 0 Å². The van der Waals surface area contributed by atoms with Crippen molar-refractivity contribution in [1.29, 1.82) is 0 Å². The van der Waals surface area contributed by atoms with Gasteiger partial charge in [0.1, 0.15) is 6.29 Å². The number of methoxy groups -OCH3 is 1. The van der Waals surface area contributed by atoms with Crippen LogP contribution < -0.4 is 0 Å². The van der Waals surface area contributed by atoms with Crippen molar-refractivity contribution in [3.05, 3.63) is 0 Å². The minimum absolute atomic E-state index is 0.201. The van der Waals surface area contributed by atoms with Crippen LogP contribution in [0.2, 0.25) is 0 Å². The van der Waals surface area contributed by atoms with Crippen LogP contribution in [0.5, 0.6) is 0 Å². The molecule has 0 unspecified atom stereocenters. The Labute approximate surface area is 80.7 Å². The molecule has 1 aliphatic carbocycles. The van der Waals surface area contributed by atoms with Gasteiger partial charge in [0.2, 0.25) is 0 Å². The maximum Gasteiger partial charge on any atom is 0.128 e. The van der Waals surface area contributed by atoms with E-state index in [9.17, 15) is 4.79 Å². The van der Waals surface area contributed by atoms with Crippen LogP contribution in [0.25, 0.3) is 0 Å². The fourth-order valence-electron chi connectivity index (χ4n) is 2.34. The first kappa shape index (κ1) is 10.7. The molecule has 76 valence electrons. The van der Waals surface area contributed by atoms with E-state index in [2.05, 4.69) is 0 Å². The quantitative estimate of drug-likeness (QED) is 0.630. The van der Waals surface area contributed by atoms with E-state index in [1.165, 1.54) is 19.3 Å². The Kier molecular flexibility index (Phi) is 3.12. The third-order valence-electron chi connectivity index (χ3n) is 3.52. The van der Waals surface area contributed by atoms with Crippen LogP contribution in [0.3, 0.4) is 0 Å². The highest BCUT2D eigenvalue weighted by atomic mass is 16.5. The van der Waals surface area contributed by atoms with E-state index in [1.807, 2.05) is 13.8 Å². The van der Waals surface area contributed by atoms with Crippen molar-refractivity contribution >= 4 is 6.29 Å². The summed E-state index contributed by atoms with van der Waals surface area (Å²) >= 11 is 0. The fraction of sp³-hybridized carbons (Fsp3) is 0.909. The number of carbonyl (C=O) groups is 1. The zero-order valence-corrected chi connectivity index (χ0v) is 8.93. The van der Waals surface area contributed by atoms with Crippen molar-refractivity contribution < 1.29 is 9.53 Å². The van der Waals surface area contributed by atoms with Gasteiger partial charge in [-0.25, -0.2) is 0 Å². The minimum atomic E-state index is -0.345. The van der Waals surface area contributed by atoms with Crippen molar-refractivity contribution in [2.45, 2.75) is 51.6 Å². The lowest BCUT2D eigenvalue weighted by molar-refractivity contribution is -0.145.